The van der Waals surface area contributed by atoms with Gasteiger partial charge in [-0.2, -0.15) is 0 Å². The first kappa shape index (κ1) is 12.0. The van der Waals surface area contributed by atoms with Crippen molar-refractivity contribution in [3.8, 4) is 0 Å². The molecule has 0 atom stereocenters. The van der Waals surface area contributed by atoms with Crippen LogP contribution in [0, 0.1) is 0 Å². The second-order valence-corrected chi connectivity index (χ2v) is 2.07. The maximum absolute atomic E-state index is 10.7. The van der Waals surface area contributed by atoms with Gasteiger partial charge in [0.1, 0.15) is 0 Å². The molecule has 2 amide bonds. The van der Waals surface area contributed by atoms with Gasteiger partial charge in [-0.3, -0.25) is 0 Å². The molecule has 10 heavy (non-hydrogen) atoms. The second-order valence-electron chi connectivity index (χ2n) is 2.07. The van der Waals surface area contributed by atoms with E-state index in [2.05, 4.69) is 5.73 Å². The molecular weight excluding hydrogens is 130 g/mol. The Morgan fingerprint density at radius 1 is 1.00 bits per heavy atom. The molecule has 0 radical (unpaired) electrons. The quantitative estimate of drug-likeness (QED) is 0.516. The van der Waals surface area contributed by atoms with Crippen LogP contribution < -0.4 is 5.73 Å². The highest BCUT2D eigenvalue weighted by Gasteiger charge is 2.02. The Kier molecular flexibility index (Phi) is 7.60. The molecule has 0 aromatic heterocycles. The van der Waals surface area contributed by atoms with Gasteiger partial charge in [-0.25, -0.2) is 4.79 Å². The summed E-state index contributed by atoms with van der Waals surface area (Å²) >= 11 is 0. The first-order valence-corrected chi connectivity index (χ1v) is 3.02. The summed E-state index contributed by atoms with van der Waals surface area (Å²) in [5.74, 6) is 0. The van der Waals surface area contributed by atoms with Gasteiger partial charge in [0, 0.05) is 28.2 Å². The Hall–Kier alpha value is -0.770. The lowest BCUT2D eigenvalue weighted by atomic mass is 10.7. The van der Waals surface area contributed by atoms with Crippen molar-refractivity contribution in [3.05, 3.63) is 0 Å². The first-order chi connectivity index (χ1) is 4.55. The Labute approximate surface area is 62.6 Å². The molecule has 0 saturated carbocycles. The van der Waals surface area contributed by atoms with Crippen LogP contribution in [-0.2, 0) is 0 Å². The first-order valence-electron chi connectivity index (χ1n) is 3.02. The molecule has 0 saturated heterocycles. The number of rotatable bonds is 0. The predicted octanol–water partition coefficient (Wildman–Crippen LogP) is -0.195. The van der Waals surface area contributed by atoms with Crippen LogP contribution in [0.2, 0.25) is 0 Å². The van der Waals surface area contributed by atoms with Crippen molar-refractivity contribution in [2.45, 2.75) is 0 Å². The summed E-state index contributed by atoms with van der Waals surface area (Å²) in [5.41, 5.74) is 4.50. The zero-order valence-electron chi connectivity index (χ0n) is 7.38. The highest BCUT2D eigenvalue weighted by atomic mass is 16.2. The molecule has 0 rings (SSSR count). The van der Waals surface area contributed by atoms with E-state index in [1.165, 1.54) is 16.8 Å². The van der Waals surface area contributed by atoms with E-state index in [1.54, 1.807) is 28.2 Å². The number of nitrogens with zero attached hydrogens (tertiary/aromatic N) is 2. The third-order valence-electron chi connectivity index (χ3n) is 0.765. The molecule has 0 bridgehead atoms. The molecule has 0 aliphatic carbocycles. The van der Waals surface area contributed by atoms with E-state index in [9.17, 15) is 4.79 Å². The molecule has 0 aliphatic rings. The number of amides is 2. The van der Waals surface area contributed by atoms with Crippen molar-refractivity contribution >= 4 is 6.03 Å². The third-order valence-corrected chi connectivity index (χ3v) is 0.765. The van der Waals surface area contributed by atoms with E-state index in [0.29, 0.717) is 0 Å². The molecule has 0 aromatic carbocycles. The van der Waals surface area contributed by atoms with Crippen LogP contribution >= 0.6 is 0 Å². The van der Waals surface area contributed by atoms with Crippen LogP contribution in [0.5, 0.6) is 0 Å². The smallest absolute Gasteiger partial charge is 0.318 e. The van der Waals surface area contributed by atoms with Gasteiger partial charge in [0.15, 0.2) is 0 Å². The van der Waals surface area contributed by atoms with Crippen LogP contribution in [0.15, 0.2) is 0 Å². The lowest BCUT2D eigenvalue weighted by Crippen LogP contribution is -2.33. The highest BCUT2D eigenvalue weighted by molar-refractivity contribution is 5.72. The van der Waals surface area contributed by atoms with Crippen LogP contribution in [0.3, 0.4) is 0 Å². The maximum atomic E-state index is 10.7. The summed E-state index contributed by atoms with van der Waals surface area (Å²) in [5, 5.41) is 0. The zero-order valence-corrected chi connectivity index (χ0v) is 7.38. The Morgan fingerprint density at radius 2 is 1.20 bits per heavy atom. The zero-order chi connectivity index (χ0) is 8.73. The monoisotopic (exact) mass is 147 g/mol. The van der Waals surface area contributed by atoms with Crippen molar-refractivity contribution in [2.75, 3.05) is 35.2 Å². The maximum Gasteiger partial charge on any atom is 0.318 e. The molecule has 0 aromatic rings. The highest BCUT2D eigenvalue weighted by Crippen LogP contribution is 1.83. The molecule has 4 nitrogen and oxygen atoms in total. The number of carbonyl (C=O) groups excluding carboxylic acids is 1. The summed E-state index contributed by atoms with van der Waals surface area (Å²) in [6, 6.07) is 0.0185. The Balaban J connectivity index is 0. The molecule has 0 aliphatic heterocycles. The molecule has 0 fully saturated rings. The van der Waals surface area contributed by atoms with Crippen molar-refractivity contribution in [1.29, 1.82) is 0 Å². The fourth-order valence-electron chi connectivity index (χ4n) is 0.400. The minimum absolute atomic E-state index is 0.0185. The Morgan fingerprint density at radius 3 is 1.20 bits per heavy atom. The van der Waals surface area contributed by atoms with E-state index in [4.69, 9.17) is 0 Å². The fraction of sp³-hybridized carbons (Fsp3) is 0.833. The summed E-state index contributed by atoms with van der Waals surface area (Å²) in [7, 11) is 8.40. The lowest BCUT2D eigenvalue weighted by molar-refractivity contribution is 0.191. The number of hydrogen-bond acceptors (Lipinski definition) is 2. The topological polar surface area (TPSA) is 49.6 Å². The molecular formula is C6H17N3O. The average Bonchev–Trinajstić information content (AvgIpc) is 1.90. The second kappa shape index (κ2) is 6.35. The molecule has 0 spiro atoms. The minimum Gasteiger partial charge on any atom is -0.333 e. The molecule has 0 unspecified atom stereocenters. The number of carbonyl (C=O) groups is 1. The Bertz CT molecular complexity index is 81.0. The number of urea groups is 1. The lowest BCUT2D eigenvalue weighted by Gasteiger charge is -2.16. The predicted molar refractivity (Wildman–Crippen MR) is 42.9 cm³/mol. The van der Waals surface area contributed by atoms with E-state index >= 15 is 0 Å². The van der Waals surface area contributed by atoms with Crippen LogP contribution in [0.1, 0.15) is 0 Å². The largest absolute Gasteiger partial charge is 0.333 e. The standard InChI is InChI=1S/C5H12N2O.CH5N/c1-6(2)5(8)7(3)4;1-2/h1-4H3;2H2,1H3. The minimum atomic E-state index is 0.0185. The molecule has 4 heteroatoms. The average molecular weight is 147 g/mol. The normalized spacial score (nSPS) is 7.40. The van der Waals surface area contributed by atoms with E-state index in [1.807, 2.05) is 0 Å². The van der Waals surface area contributed by atoms with Gasteiger partial charge in [0.2, 0.25) is 0 Å². The third kappa shape index (κ3) is 5.37. The van der Waals surface area contributed by atoms with E-state index in [-0.39, 0.29) is 6.03 Å². The van der Waals surface area contributed by atoms with Gasteiger partial charge < -0.3 is 15.5 Å². The van der Waals surface area contributed by atoms with Gasteiger partial charge in [-0.1, -0.05) is 0 Å². The summed E-state index contributed by atoms with van der Waals surface area (Å²) in [6.45, 7) is 0. The van der Waals surface area contributed by atoms with Crippen LogP contribution in [0.25, 0.3) is 0 Å². The van der Waals surface area contributed by atoms with Crippen molar-refractivity contribution in [1.82, 2.24) is 9.80 Å². The summed E-state index contributed by atoms with van der Waals surface area (Å²) < 4.78 is 0. The van der Waals surface area contributed by atoms with Crippen molar-refractivity contribution in [2.24, 2.45) is 5.73 Å². The SMILES string of the molecule is CN.CN(C)C(=O)N(C)C. The fourth-order valence-corrected chi connectivity index (χ4v) is 0.400. The van der Waals surface area contributed by atoms with E-state index < -0.39 is 0 Å². The van der Waals surface area contributed by atoms with E-state index in [0.717, 1.165) is 0 Å². The van der Waals surface area contributed by atoms with Crippen molar-refractivity contribution in [3.63, 3.8) is 0 Å². The van der Waals surface area contributed by atoms with Gasteiger partial charge in [-0.05, 0) is 7.05 Å². The summed E-state index contributed by atoms with van der Waals surface area (Å²) in [4.78, 5) is 13.8. The van der Waals surface area contributed by atoms with Gasteiger partial charge in [-0.15, -0.1) is 0 Å². The number of hydrogen-bond donors (Lipinski definition) is 1. The summed E-state index contributed by atoms with van der Waals surface area (Å²) in [6.07, 6.45) is 0. The van der Waals surface area contributed by atoms with Gasteiger partial charge in [0.25, 0.3) is 0 Å². The molecule has 2 N–H and O–H groups in total. The van der Waals surface area contributed by atoms with Gasteiger partial charge in [0.05, 0.1) is 0 Å². The van der Waals surface area contributed by atoms with Crippen molar-refractivity contribution < 1.29 is 4.79 Å². The molecule has 0 heterocycles. The number of nitrogens with two attached hydrogens (primary N) is 1. The van der Waals surface area contributed by atoms with Gasteiger partial charge >= 0.3 is 6.03 Å². The van der Waals surface area contributed by atoms with Crippen LogP contribution in [0.4, 0.5) is 4.79 Å². The molecule has 62 valence electrons. The van der Waals surface area contributed by atoms with Crippen LogP contribution in [-0.4, -0.2) is 51.1 Å².